The maximum atomic E-state index is 11.4. The van der Waals surface area contributed by atoms with Crippen molar-refractivity contribution in [2.75, 3.05) is 5.73 Å². The van der Waals surface area contributed by atoms with Crippen molar-refractivity contribution in [3.63, 3.8) is 0 Å². The Morgan fingerprint density at radius 2 is 1.76 bits per heavy atom. The second kappa shape index (κ2) is 5.72. The van der Waals surface area contributed by atoms with Gasteiger partial charge >= 0.3 is 0 Å². The average Bonchev–Trinajstić information content (AvgIpc) is 2.40. The number of nitrogen functional groups attached to an aromatic ring is 1. The molecule has 0 saturated heterocycles. The van der Waals surface area contributed by atoms with Crippen LogP contribution in [0.4, 0.5) is 11.4 Å². The second-order valence-corrected chi connectivity index (χ2v) is 6.54. The Labute approximate surface area is 124 Å². The number of nitro groups is 1. The van der Waals surface area contributed by atoms with Crippen molar-refractivity contribution in [1.82, 2.24) is 0 Å². The first-order valence-electron chi connectivity index (χ1n) is 5.57. The van der Waals surface area contributed by atoms with E-state index in [2.05, 4.69) is 0 Å². The van der Waals surface area contributed by atoms with E-state index in [0.29, 0.717) is 10.6 Å². The van der Waals surface area contributed by atoms with E-state index in [9.17, 15) is 23.1 Å². The molecule has 0 aliphatic rings. The Balaban J connectivity index is 2.48. The van der Waals surface area contributed by atoms with Crippen molar-refractivity contribution < 1.29 is 17.9 Å². The van der Waals surface area contributed by atoms with Crippen LogP contribution in [0.5, 0.6) is 0 Å². The molecule has 0 fully saturated rings. The van der Waals surface area contributed by atoms with Crippen LogP contribution in [0.15, 0.2) is 57.2 Å². The molecule has 0 amide bonds. The highest BCUT2D eigenvalue weighted by atomic mass is 32.2. The molecule has 0 bridgehead atoms. The highest BCUT2D eigenvalue weighted by Gasteiger charge is 2.20. The molecule has 2 aromatic carbocycles. The number of anilines is 1. The summed E-state index contributed by atoms with van der Waals surface area (Å²) in [5.41, 5.74) is 5.69. The fourth-order valence-corrected chi connectivity index (χ4v) is 3.41. The SMILES string of the molecule is Nc1ccc(Sc2ccc([N+](=O)[O-])cc2S(=O)(=O)O)cc1. The molecule has 7 nitrogen and oxygen atoms in total. The second-order valence-electron chi connectivity index (χ2n) is 4.03. The van der Waals surface area contributed by atoms with Gasteiger partial charge in [-0.15, -0.1) is 0 Å². The molecule has 9 heteroatoms. The highest BCUT2D eigenvalue weighted by molar-refractivity contribution is 8.00. The van der Waals surface area contributed by atoms with Crippen LogP contribution in [0.2, 0.25) is 0 Å². The summed E-state index contributed by atoms with van der Waals surface area (Å²) in [4.78, 5) is 10.3. The van der Waals surface area contributed by atoms with Gasteiger partial charge in [0.25, 0.3) is 15.8 Å². The molecule has 0 aliphatic carbocycles. The fourth-order valence-electron chi connectivity index (χ4n) is 1.56. The van der Waals surface area contributed by atoms with E-state index in [1.807, 2.05) is 0 Å². The van der Waals surface area contributed by atoms with Crippen molar-refractivity contribution in [2.24, 2.45) is 0 Å². The Hall–Kier alpha value is -2.10. The van der Waals surface area contributed by atoms with Crippen LogP contribution in [0.3, 0.4) is 0 Å². The standard InChI is InChI=1S/C12H10N2O5S2/c13-8-1-4-10(5-2-8)20-11-6-3-9(14(15)16)7-12(11)21(17,18)19/h1-7H,13H2,(H,17,18,19). The first-order valence-corrected chi connectivity index (χ1v) is 7.82. The van der Waals surface area contributed by atoms with Gasteiger partial charge in [-0.3, -0.25) is 14.7 Å². The molecule has 2 rings (SSSR count). The summed E-state index contributed by atoms with van der Waals surface area (Å²) in [5.74, 6) is 0. The third-order valence-corrected chi connectivity index (χ3v) is 4.63. The van der Waals surface area contributed by atoms with E-state index < -0.39 is 25.6 Å². The smallest absolute Gasteiger partial charge is 0.295 e. The van der Waals surface area contributed by atoms with Crippen molar-refractivity contribution in [2.45, 2.75) is 14.7 Å². The normalized spacial score (nSPS) is 11.3. The van der Waals surface area contributed by atoms with Gasteiger partial charge in [0, 0.05) is 27.6 Å². The lowest BCUT2D eigenvalue weighted by Gasteiger charge is -2.07. The van der Waals surface area contributed by atoms with Crippen LogP contribution >= 0.6 is 11.8 Å². The quantitative estimate of drug-likeness (QED) is 0.383. The van der Waals surface area contributed by atoms with Gasteiger partial charge in [0.05, 0.1) is 4.92 Å². The van der Waals surface area contributed by atoms with Crippen LogP contribution in [0.1, 0.15) is 0 Å². The minimum Gasteiger partial charge on any atom is -0.399 e. The Morgan fingerprint density at radius 1 is 1.14 bits per heavy atom. The zero-order valence-corrected chi connectivity index (χ0v) is 12.1. The molecule has 21 heavy (non-hydrogen) atoms. The number of non-ortho nitro benzene ring substituents is 1. The van der Waals surface area contributed by atoms with E-state index in [1.165, 1.54) is 12.1 Å². The van der Waals surface area contributed by atoms with E-state index in [-0.39, 0.29) is 4.90 Å². The van der Waals surface area contributed by atoms with Gasteiger partial charge in [0.2, 0.25) is 0 Å². The fraction of sp³-hybridized carbons (Fsp3) is 0. The summed E-state index contributed by atoms with van der Waals surface area (Å²) < 4.78 is 32.0. The molecule has 0 unspecified atom stereocenters. The topological polar surface area (TPSA) is 124 Å². The zero-order chi connectivity index (χ0) is 15.6. The predicted octanol–water partition coefficient (Wildman–Crippen LogP) is 2.57. The molecule has 0 aliphatic heterocycles. The number of rotatable bonds is 4. The van der Waals surface area contributed by atoms with E-state index in [4.69, 9.17) is 5.73 Å². The largest absolute Gasteiger partial charge is 0.399 e. The lowest BCUT2D eigenvalue weighted by Crippen LogP contribution is -2.01. The minimum atomic E-state index is -4.57. The molecule has 0 saturated carbocycles. The number of hydrogen-bond acceptors (Lipinski definition) is 6. The van der Waals surface area contributed by atoms with Gasteiger partial charge < -0.3 is 5.73 Å². The van der Waals surface area contributed by atoms with Crippen molar-refractivity contribution in [1.29, 1.82) is 0 Å². The minimum absolute atomic E-state index is 0.188. The molecule has 110 valence electrons. The van der Waals surface area contributed by atoms with Crippen LogP contribution in [-0.4, -0.2) is 17.9 Å². The van der Waals surface area contributed by atoms with Gasteiger partial charge in [-0.1, -0.05) is 11.8 Å². The predicted molar refractivity (Wildman–Crippen MR) is 77.9 cm³/mol. The number of nitrogens with zero attached hydrogens (tertiary/aromatic N) is 1. The first kappa shape index (κ1) is 15.3. The van der Waals surface area contributed by atoms with Crippen molar-refractivity contribution in [3.8, 4) is 0 Å². The van der Waals surface area contributed by atoms with Crippen LogP contribution in [0.25, 0.3) is 0 Å². The monoisotopic (exact) mass is 326 g/mol. The van der Waals surface area contributed by atoms with E-state index >= 15 is 0 Å². The molecule has 0 spiro atoms. The zero-order valence-electron chi connectivity index (χ0n) is 10.5. The number of benzene rings is 2. The number of nitro benzene ring substituents is 1. The van der Waals surface area contributed by atoms with E-state index in [0.717, 1.165) is 17.8 Å². The molecular weight excluding hydrogens is 316 g/mol. The Bertz CT molecular complexity index is 788. The summed E-state index contributed by atoms with van der Waals surface area (Å²) in [5, 5.41) is 10.7. The van der Waals surface area contributed by atoms with E-state index in [1.54, 1.807) is 24.3 Å². The molecule has 0 atom stereocenters. The average molecular weight is 326 g/mol. The highest BCUT2D eigenvalue weighted by Crippen LogP contribution is 2.35. The maximum Gasteiger partial charge on any atom is 0.295 e. The lowest BCUT2D eigenvalue weighted by atomic mass is 10.3. The Kier molecular flexibility index (Phi) is 4.16. The summed E-state index contributed by atoms with van der Waals surface area (Å²) >= 11 is 1.05. The third-order valence-electron chi connectivity index (χ3n) is 2.52. The van der Waals surface area contributed by atoms with Gasteiger partial charge in [-0.2, -0.15) is 8.42 Å². The number of hydrogen-bond donors (Lipinski definition) is 2. The number of nitrogens with two attached hydrogens (primary N) is 1. The van der Waals surface area contributed by atoms with Gasteiger partial charge in [0.1, 0.15) is 4.90 Å². The third kappa shape index (κ3) is 3.72. The summed E-state index contributed by atoms with van der Waals surface area (Å²) in [6, 6.07) is 9.91. The molecule has 3 N–H and O–H groups in total. The molecule has 0 aromatic heterocycles. The summed E-state index contributed by atoms with van der Waals surface area (Å²) in [6.45, 7) is 0. The molecule has 2 aromatic rings. The lowest BCUT2D eigenvalue weighted by molar-refractivity contribution is -0.385. The van der Waals surface area contributed by atoms with Crippen LogP contribution in [0, 0.1) is 10.1 Å². The molecule has 0 heterocycles. The van der Waals surface area contributed by atoms with Crippen molar-refractivity contribution >= 4 is 33.3 Å². The summed E-state index contributed by atoms with van der Waals surface area (Å²) in [6.07, 6.45) is 0. The van der Waals surface area contributed by atoms with Gasteiger partial charge in [0.15, 0.2) is 0 Å². The van der Waals surface area contributed by atoms with Crippen LogP contribution in [-0.2, 0) is 10.1 Å². The summed E-state index contributed by atoms with van der Waals surface area (Å²) in [7, 11) is -4.57. The van der Waals surface area contributed by atoms with Gasteiger partial charge in [-0.25, -0.2) is 0 Å². The first-order chi connectivity index (χ1) is 9.77. The maximum absolute atomic E-state index is 11.4. The van der Waals surface area contributed by atoms with Gasteiger partial charge in [-0.05, 0) is 30.3 Å². The van der Waals surface area contributed by atoms with Crippen molar-refractivity contribution in [3.05, 3.63) is 52.6 Å². The molecular formula is C12H10N2O5S2. The molecule has 0 radical (unpaired) electrons. The Morgan fingerprint density at radius 3 is 2.29 bits per heavy atom. The van der Waals surface area contributed by atoms with Crippen LogP contribution < -0.4 is 5.73 Å².